The van der Waals surface area contributed by atoms with Gasteiger partial charge in [0.1, 0.15) is 0 Å². The third-order valence-corrected chi connectivity index (χ3v) is 2.95. The zero-order valence-corrected chi connectivity index (χ0v) is 9.23. The normalized spacial score (nSPS) is 18.4. The van der Waals surface area contributed by atoms with Crippen LogP contribution < -0.4 is 4.90 Å². The second kappa shape index (κ2) is 3.72. The van der Waals surface area contributed by atoms with E-state index < -0.39 is 11.9 Å². The van der Waals surface area contributed by atoms with Gasteiger partial charge in [-0.25, -0.2) is 0 Å². The molecule has 16 heavy (non-hydrogen) atoms. The van der Waals surface area contributed by atoms with Gasteiger partial charge in [-0.3, -0.25) is 9.59 Å². The number of aryl methyl sites for hydroxylation is 1. The molecule has 0 saturated heterocycles. The van der Waals surface area contributed by atoms with Crippen molar-refractivity contribution in [3.8, 4) is 0 Å². The third-order valence-electron chi connectivity index (χ3n) is 2.95. The average Bonchev–Trinajstić information content (AvgIpc) is 2.53. The van der Waals surface area contributed by atoms with Crippen LogP contribution in [0.1, 0.15) is 27.6 Å². The Balaban J connectivity index is 2.58. The maximum atomic E-state index is 11.3. The fraction of sp³-hybridized carbons (Fsp3) is 0.333. The summed E-state index contributed by atoms with van der Waals surface area (Å²) in [6.45, 7) is 2.36. The topological polar surface area (TPSA) is 57.6 Å². The number of aliphatic hydroxyl groups is 1. The summed E-state index contributed by atoms with van der Waals surface area (Å²) in [6, 6.07) is 3.31. The van der Waals surface area contributed by atoms with Gasteiger partial charge in [-0.15, -0.1) is 0 Å². The molecule has 84 valence electrons. The van der Waals surface area contributed by atoms with Gasteiger partial charge in [0.05, 0.1) is 6.10 Å². The molecule has 1 N–H and O–H groups in total. The number of hydrogen-bond donors (Lipinski definition) is 1. The van der Waals surface area contributed by atoms with Gasteiger partial charge in [0.2, 0.25) is 5.78 Å². The predicted octanol–water partition coefficient (Wildman–Crippen LogP) is 0.860. The number of likely N-dealkylation sites (N-methyl/N-ethyl adjacent to an activating group) is 1. The van der Waals surface area contributed by atoms with Crippen molar-refractivity contribution in [2.45, 2.75) is 13.0 Å². The van der Waals surface area contributed by atoms with Gasteiger partial charge in [-0.2, -0.15) is 0 Å². The van der Waals surface area contributed by atoms with Crippen molar-refractivity contribution in [3.63, 3.8) is 0 Å². The summed E-state index contributed by atoms with van der Waals surface area (Å²) in [5.74, 6) is -0.527. The second-order valence-electron chi connectivity index (χ2n) is 4.10. The molecule has 1 aliphatic heterocycles. The van der Waals surface area contributed by atoms with Gasteiger partial charge in [0.25, 0.3) is 0 Å². The van der Waals surface area contributed by atoms with E-state index in [2.05, 4.69) is 0 Å². The van der Waals surface area contributed by atoms with Crippen molar-refractivity contribution in [2.75, 3.05) is 18.5 Å². The number of rotatable bonds is 2. The first kappa shape index (κ1) is 10.8. The summed E-state index contributed by atoms with van der Waals surface area (Å²) in [4.78, 5) is 23.6. The molecule has 1 atom stereocenters. The summed E-state index contributed by atoms with van der Waals surface area (Å²) in [5, 5.41) is 9.82. The lowest BCUT2D eigenvalue weighted by Gasteiger charge is -2.12. The summed E-state index contributed by atoms with van der Waals surface area (Å²) in [5.41, 5.74) is 2.91. The number of nitrogens with zero attached hydrogens (tertiary/aromatic N) is 1. The van der Waals surface area contributed by atoms with E-state index in [9.17, 15) is 14.7 Å². The first-order chi connectivity index (χ1) is 7.54. The van der Waals surface area contributed by atoms with Crippen LogP contribution in [-0.4, -0.2) is 30.8 Å². The van der Waals surface area contributed by atoms with Crippen molar-refractivity contribution in [2.24, 2.45) is 0 Å². The number of anilines is 1. The largest absolute Gasteiger partial charge is 0.386 e. The van der Waals surface area contributed by atoms with Crippen molar-refractivity contribution in [1.29, 1.82) is 0 Å². The number of aliphatic hydroxyl groups excluding tert-OH is 1. The lowest BCUT2D eigenvalue weighted by atomic mass is 9.99. The average molecular weight is 219 g/mol. The molecule has 2 rings (SSSR count). The van der Waals surface area contributed by atoms with Gasteiger partial charge in [0, 0.05) is 30.4 Å². The number of fused-ring (bicyclic) bond motifs is 1. The summed E-state index contributed by atoms with van der Waals surface area (Å²) in [7, 11) is 1.85. The summed E-state index contributed by atoms with van der Waals surface area (Å²) in [6.07, 6.45) is -0.201. The number of carbonyl (C=O) groups excluding carboxylic acids is 2. The smallest absolute Gasteiger partial charge is 0.225 e. The maximum Gasteiger partial charge on any atom is 0.225 e. The quantitative estimate of drug-likeness (QED) is 0.455. The summed E-state index contributed by atoms with van der Waals surface area (Å²) >= 11 is 0. The molecule has 0 radical (unpaired) electrons. The maximum absolute atomic E-state index is 11.3. The van der Waals surface area contributed by atoms with Crippen LogP contribution in [0.15, 0.2) is 12.1 Å². The highest BCUT2D eigenvalue weighted by atomic mass is 16.3. The van der Waals surface area contributed by atoms with Gasteiger partial charge in [0.15, 0.2) is 6.29 Å². The Labute approximate surface area is 93.5 Å². The number of carbonyl (C=O) groups is 2. The Hall–Kier alpha value is -1.68. The van der Waals surface area contributed by atoms with Crippen molar-refractivity contribution in [1.82, 2.24) is 0 Å². The molecule has 0 aromatic heterocycles. The molecule has 1 aliphatic rings. The molecule has 0 fully saturated rings. The van der Waals surface area contributed by atoms with Gasteiger partial charge >= 0.3 is 0 Å². The van der Waals surface area contributed by atoms with E-state index >= 15 is 0 Å². The molecule has 0 amide bonds. The van der Waals surface area contributed by atoms with Crippen molar-refractivity contribution >= 4 is 17.8 Å². The van der Waals surface area contributed by atoms with Crippen molar-refractivity contribution in [3.05, 3.63) is 28.8 Å². The van der Waals surface area contributed by atoms with Gasteiger partial charge in [-0.1, -0.05) is 0 Å². The number of β-amino-alcohol motifs (C(OH)–C–C–N with tert-alkyl or cyclic N) is 1. The first-order valence-electron chi connectivity index (χ1n) is 5.08. The minimum atomic E-state index is -0.527. The minimum Gasteiger partial charge on any atom is -0.386 e. The minimum absolute atomic E-state index is 0.312. The Morgan fingerprint density at radius 2 is 2.25 bits per heavy atom. The fourth-order valence-electron chi connectivity index (χ4n) is 2.19. The van der Waals surface area contributed by atoms with Crippen LogP contribution in [-0.2, 0) is 4.79 Å². The van der Waals surface area contributed by atoms with Crippen LogP contribution in [0.2, 0.25) is 0 Å². The molecule has 0 aliphatic carbocycles. The molecule has 1 aromatic carbocycles. The number of benzene rings is 1. The highest BCUT2D eigenvalue weighted by molar-refractivity contribution is 6.33. The molecule has 0 bridgehead atoms. The Kier molecular flexibility index (Phi) is 2.52. The van der Waals surface area contributed by atoms with Crippen LogP contribution in [0.3, 0.4) is 0 Å². The fourth-order valence-corrected chi connectivity index (χ4v) is 2.19. The van der Waals surface area contributed by atoms with Crippen LogP contribution >= 0.6 is 0 Å². The molecule has 1 unspecified atom stereocenters. The Bertz CT molecular complexity index is 468. The lowest BCUT2D eigenvalue weighted by molar-refractivity contribution is -0.104. The SMILES string of the molecule is Cc1cc(C(=O)C=O)cc2c1C(O)CN2C. The molecule has 0 spiro atoms. The van der Waals surface area contributed by atoms with E-state index in [4.69, 9.17) is 0 Å². The standard InChI is InChI=1S/C12H13NO3/c1-7-3-8(11(16)6-14)4-9-12(7)10(15)5-13(9)2/h3-4,6,10,15H,5H2,1-2H3. The van der Waals surface area contributed by atoms with E-state index in [0.29, 0.717) is 18.4 Å². The van der Waals surface area contributed by atoms with E-state index in [1.54, 1.807) is 12.1 Å². The Morgan fingerprint density at radius 3 is 2.88 bits per heavy atom. The van der Waals surface area contributed by atoms with Gasteiger partial charge in [-0.05, 0) is 24.6 Å². The zero-order valence-electron chi connectivity index (χ0n) is 9.23. The molecule has 1 heterocycles. The molecular formula is C12H13NO3. The van der Waals surface area contributed by atoms with Crippen LogP contribution in [0, 0.1) is 6.92 Å². The number of ketones is 1. The number of hydrogen-bond acceptors (Lipinski definition) is 4. The zero-order chi connectivity index (χ0) is 11.9. The van der Waals surface area contributed by atoms with E-state index in [0.717, 1.165) is 16.8 Å². The summed E-state index contributed by atoms with van der Waals surface area (Å²) < 4.78 is 0. The molecule has 4 heteroatoms. The molecule has 0 saturated carbocycles. The highest BCUT2D eigenvalue weighted by Crippen LogP contribution is 2.36. The van der Waals surface area contributed by atoms with Crippen LogP contribution in [0.25, 0.3) is 0 Å². The monoisotopic (exact) mass is 219 g/mol. The molecule has 1 aromatic rings. The second-order valence-corrected chi connectivity index (χ2v) is 4.10. The molecular weight excluding hydrogens is 206 g/mol. The first-order valence-corrected chi connectivity index (χ1v) is 5.08. The van der Waals surface area contributed by atoms with Crippen LogP contribution in [0.4, 0.5) is 5.69 Å². The molecule has 4 nitrogen and oxygen atoms in total. The number of Topliss-reactive ketones (excluding diaryl/α,β-unsaturated/α-hetero) is 1. The van der Waals surface area contributed by atoms with Crippen LogP contribution in [0.5, 0.6) is 0 Å². The highest BCUT2D eigenvalue weighted by Gasteiger charge is 2.27. The van der Waals surface area contributed by atoms with E-state index in [1.807, 2.05) is 18.9 Å². The Morgan fingerprint density at radius 1 is 1.56 bits per heavy atom. The predicted molar refractivity (Wildman–Crippen MR) is 59.8 cm³/mol. The van der Waals surface area contributed by atoms with E-state index in [1.165, 1.54) is 0 Å². The van der Waals surface area contributed by atoms with Gasteiger partial charge < -0.3 is 10.0 Å². The third kappa shape index (κ3) is 1.51. The van der Waals surface area contributed by atoms with E-state index in [-0.39, 0.29) is 0 Å². The lowest BCUT2D eigenvalue weighted by Crippen LogP contribution is -2.15. The number of aldehydes is 1. The van der Waals surface area contributed by atoms with Crippen molar-refractivity contribution < 1.29 is 14.7 Å².